The molecule has 4 rings (SSSR count). The summed E-state index contributed by atoms with van der Waals surface area (Å²) in [5.41, 5.74) is 4.67. The lowest BCUT2D eigenvalue weighted by molar-refractivity contribution is 0.0952. The summed E-state index contributed by atoms with van der Waals surface area (Å²) in [7, 11) is 1.52. The van der Waals surface area contributed by atoms with Crippen LogP contribution in [0, 0.1) is 0 Å². The van der Waals surface area contributed by atoms with Gasteiger partial charge in [0, 0.05) is 15.1 Å². The van der Waals surface area contributed by atoms with E-state index in [-0.39, 0.29) is 5.91 Å². The summed E-state index contributed by atoms with van der Waals surface area (Å²) in [6, 6.07) is 24.5. The minimum absolute atomic E-state index is 0.349. The third-order valence-corrected chi connectivity index (χ3v) is 5.71. The van der Waals surface area contributed by atoms with Crippen LogP contribution in [0.15, 0.2) is 88.4 Å². The van der Waals surface area contributed by atoms with E-state index < -0.39 is 0 Å². The van der Waals surface area contributed by atoms with Crippen molar-refractivity contribution in [3.63, 3.8) is 0 Å². The van der Waals surface area contributed by atoms with Gasteiger partial charge in [-0.05, 0) is 52.7 Å². The zero-order valence-corrected chi connectivity index (χ0v) is 20.1. The van der Waals surface area contributed by atoms with Gasteiger partial charge < -0.3 is 9.47 Å². The van der Waals surface area contributed by atoms with Gasteiger partial charge in [0.05, 0.1) is 18.9 Å². The van der Waals surface area contributed by atoms with Crippen LogP contribution in [0.1, 0.15) is 21.5 Å². The van der Waals surface area contributed by atoms with Gasteiger partial charge in [0.2, 0.25) is 0 Å². The smallest absolute Gasteiger partial charge is 0.275 e. The number of ether oxygens (including phenoxy) is 2. The lowest BCUT2D eigenvalue weighted by Crippen LogP contribution is -2.18. The molecule has 1 N–H and O–H groups in total. The largest absolute Gasteiger partial charge is 0.496 e. The molecule has 0 spiro atoms. The predicted molar refractivity (Wildman–Crippen MR) is 135 cm³/mol. The van der Waals surface area contributed by atoms with E-state index in [0.29, 0.717) is 28.7 Å². The van der Waals surface area contributed by atoms with Crippen LogP contribution in [-0.4, -0.2) is 19.2 Å². The number of hydrogen-bond acceptors (Lipinski definition) is 4. The molecule has 0 unspecified atom stereocenters. The maximum atomic E-state index is 12.7. The normalized spacial score (nSPS) is 11.0. The number of carbonyl (C=O) groups excluding carboxylic acids is 1. The predicted octanol–water partition coefficient (Wildman–Crippen LogP) is 6.61. The van der Waals surface area contributed by atoms with E-state index in [1.807, 2.05) is 60.7 Å². The minimum Gasteiger partial charge on any atom is -0.496 e. The van der Waals surface area contributed by atoms with Gasteiger partial charge in [-0.15, -0.1) is 0 Å². The summed E-state index contributed by atoms with van der Waals surface area (Å²) in [5.74, 6) is 0.722. The van der Waals surface area contributed by atoms with Crippen molar-refractivity contribution in [3.8, 4) is 11.5 Å². The van der Waals surface area contributed by atoms with Crippen LogP contribution in [0.5, 0.6) is 11.5 Å². The molecule has 166 valence electrons. The van der Waals surface area contributed by atoms with E-state index in [1.54, 1.807) is 24.4 Å². The highest BCUT2D eigenvalue weighted by atomic mass is 79.9. The molecule has 5 nitrogen and oxygen atoms in total. The molecule has 1 amide bonds. The molecule has 4 aromatic rings. The van der Waals surface area contributed by atoms with Crippen LogP contribution < -0.4 is 14.9 Å². The number of methoxy groups -OCH3 is 1. The van der Waals surface area contributed by atoms with E-state index >= 15 is 0 Å². The van der Waals surface area contributed by atoms with Gasteiger partial charge in [0.1, 0.15) is 18.1 Å². The van der Waals surface area contributed by atoms with Gasteiger partial charge in [0.15, 0.2) is 0 Å². The molecule has 0 heterocycles. The molecule has 33 heavy (non-hydrogen) atoms. The second-order valence-corrected chi connectivity index (χ2v) is 8.51. The molecule has 0 bridgehead atoms. The molecular weight excluding hydrogens is 504 g/mol. The minimum atomic E-state index is -0.383. The van der Waals surface area contributed by atoms with E-state index in [2.05, 4.69) is 26.5 Å². The maximum Gasteiger partial charge on any atom is 0.275 e. The highest BCUT2D eigenvalue weighted by Crippen LogP contribution is 2.28. The van der Waals surface area contributed by atoms with Crippen LogP contribution in [0.2, 0.25) is 5.02 Å². The van der Waals surface area contributed by atoms with Crippen LogP contribution in [0.3, 0.4) is 0 Å². The van der Waals surface area contributed by atoms with Crippen molar-refractivity contribution in [2.24, 2.45) is 5.10 Å². The number of hydrazone groups is 1. The molecule has 0 aliphatic rings. The second kappa shape index (κ2) is 10.5. The number of carbonyl (C=O) groups is 1. The zero-order valence-electron chi connectivity index (χ0n) is 17.7. The molecule has 0 aliphatic carbocycles. The molecule has 7 heteroatoms. The number of hydrogen-bond donors (Lipinski definition) is 1. The molecule has 0 aliphatic heterocycles. The van der Waals surface area contributed by atoms with Crippen molar-refractivity contribution in [2.75, 3.05) is 7.11 Å². The fourth-order valence-electron chi connectivity index (χ4n) is 3.40. The quantitative estimate of drug-likeness (QED) is 0.219. The summed E-state index contributed by atoms with van der Waals surface area (Å²) in [4.78, 5) is 12.7. The van der Waals surface area contributed by atoms with E-state index in [4.69, 9.17) is 21.1 Å². The number of rotatable bonds is 7. The van der Waals surface area contributed by atoms with Crippen molar-refractivity contribution in [1.29, 1.82) is 0 Å². The Morgan fingerprint density at radius 2 is 1.85 bits per heavy atom. The molecule has 0 radical (unpaired) electrons. The Balaban J connectivity index is 1.60. The number of nitrogens with one attached hydrogen (secondary N) is 1. The lowest BCUT2D eigenvalue weighted by Gasteiger charge is -2.12. The third-order valence-electron chi connectivity index (χ3n) is 4.98. The first-order chi connectivity index (χ1) is 16.0. The molecular formula is C26H20BrClN2O3. The SMILES string of the molecule is COc1ccc(Br)cc1C(=O)N/N=C\c1c(OCc2cccc(Cl)c2)ccc2ccccc12. The van der Waals surface area contributed by atoms with Gasteiger partial charge >= 0.3 is 0 Å². The standard InChI is InChI=1S/C26H20BrClN2O3/c1-32-24-12-10-19(27)14-22(24)26(31)30-29-15-23-21-8-3-2-6-18(21)9-11-25(23)33-16-17-5-4-7-20(28)13-17/h2-15H,16H2,1H3,(H,30,31)/b29-15-. The molecule has 4 aromatic carbocycles. The Bertz CT molecular complexity index is 1340. The number of halogens is 2. The Kier molecular flexibility index (Phi) is 7.27. The molecule has 0 aromatic heterocycles. The van der Waals surface area contributed by atoms with Gasteiger partial charge in [-0.3, -0.25) is 4.79 Å². The van der Waals surface area contributed by atoms with Crippen LogP contribution in [0.4, 0.5) is 0 Å². The number of fused-ring (bicyclic) bond motifs is 1. The van der Waals surface area contributed by atoms with E-state index in [9.17, 15) is 4.79 Å². The zero-order chi connectivity index (χ0) is 23.2. The van der Waals surface area contributed by atoms with Crippen LogP contribution in [-0.2, 0) is 6.61 Å². The van der Waals surface area contributed by atoms with E-state index in [1.165, 1.54) is 7.11 Å². The Hall–Kier alpha value is -3.35. The topological polar surface area (TPSA) is 59.9 Å². The molecule has 0 saturated heterocycles. The van der Waals surface area contributed by atoms with Crippen molar-refractivity contribution < 1.29 is 14.3 Å². The maximum absolute atomic E-state index is 12.7. The first kappa shape index (κ1) is 22.8. The summed E-state index contributed by atoms with van der Waals surface area (Å²) in [6.45, 7) is 0.349. The molecule has 0 atom stereocenters. The molecule has 0 saturated carbocycles. The van der Waals surface area contributed by atoms with Gasteiger partial charge in [-0.25, -0.2) is 5.43 Å². The third kappa shape index (κ3) is 5.53. The van der Waals surface area contributed by atoms with Crippen molar-refractivity contribution in [1.82, 2.24) is 5.43 Å². The summed E-state index contributed by atoms with van der Waals surface area (Å²) < 4.78 is 12.1. The fourth-order valence-corrected chi connectivity index (χ4v) is 3.97. The van der Waals surface area contributed by atoms with Crippen molar-refractivity contribution in [2.45, 2.75) is 6.61 Å². The van der Waals surface area contributed by atoms with Crippen molar-refractivity contribution in [3.05, 3.63) is 105 Å². The average Bonchev–Trinajstić information content (AvgIpc) is 2.83. The van der Waals surface area contributed by atoms with Crippen molar-refractivity contribution >= 4 is 50.4 Å². The number of nitrogens with zero attached hydrogens (tertiary/aromatic N) is 1. The second-order valence-electron chi connectivity index (χ2n) is 7.16. The first-order valence-corrected chi connectivity index (χ1v) is 11.3. The fraction of sp³-hybridized carbons (Fsp3) is 0.0769. The van der Waals surface area contributed by atoms with Crippen LogP contribution >= 0.6 is 27.5 Å². The summed E-state index contributed by atoms with van der Waals surface area (Å²) in [5, 5.41) is 6.85. The van der Waals surface area contributed by atoms with Gasteiger partial charge in [0.25, 0.3) is 5.91 Å². The van der Waals surface area contributed by atoms with Gasteiger partial charge in [-0.1, -0.05) is 70.0 Å². The molecule has 0 fully saturated rings. The number of amides is 1. The highest BCUT2D eigenvalue weighted by molar-refractivity contribution is 9.10. The lowest BCUT2D eigenvalue weighted by atomic mass is 10.0. The summed E-state index contributed by atoms with van der Waals surface area (Å²) in [6.07, 6.45) is 1.60. The van der Waals surface area contributed by atoms with E-state index in [0.717, 1.165) is 26.4 Å². The summed E-state index contributed by atoms with van der Waals surface area (Å²) >= 11 is 9.46. The average molecular weight is 524 g/mol. The number of benzene rings is 4. The monoisotopic (exact) mass is 522 g/mol. The Morgan fingerprint density at radius 3 is 2.67 bits per heavy atom. The highest BCUT2D eigenvalue weighted by Gasteiger charge is 2.13. The van der Waals surface area contributed by atoms with Gasteiger partial charge in [-0.2, -0.15) is 5.10 Å². The Morgan fingerprint density at radius 1 is 1.03 bits per heavy atom. The Labute approximate surface area is 205 Å². The van der Waals surface area contributed by atoms with Crippen LogP contribution in [0.25, 0.3) is 10.8 Å². The first-order valence-electron chi connectivity index (χ1n) is 10.1.